The topological polar surface area (TPSA) is 109 Å². The van der Waals surface area contributed by atoms with Crippen molar-refractivity contribution in [3.63, 3.8) is 0 Å². The molecule has 0 saturated carbocycles. The summed E-state index contributed by atoms with van der Waals surface area (Å²) in [5, 5.41) is 3.70. The second kappa shape index (κ2) is 15.6. The number of hydrogen-bond acceptors (Lipinski definition) is 6. The van der Waals surface area contributed by atoms with E-state index in [0.717, 1.165) is 49.4 Å². The Kier molecular flexibility index (Phi) is 10.8. The number of nitrogens with one attached hydrogen (secondary N) is 1. The van der Waals surface area contributed by atoms with Crippen LogP contribution in [0.4, 0.5) is 0 Å². The molecule has 49 heavy (non-hydrogen) atoms. The van der Waals surface area contributed by atoms with Crippen LogP contribution in [0.3, 0.4) is 0 Å². The summed E-state index contributed by atoms with van der Waals surface area (Å²) >= 11 is 6.11. The maximum absolute atomic E-state index is 14.1. The molecule has 10 heteroatoms. The van der Waals surface area contributed by atoms with Gasteiger partial charge in [0.1, 0.15) is 24.0 Å². The molecule has 254 valence electrons. The van der Waals surface area contributed by atoms with E-state index in [0.29, 0.717) is 36.8 Å². The van der Waals surface area contributed by atoms with Crippen molar-refractivity contribution in [2.24, 2.45) is 0 Å². The van der Waals surface area contributed by atoms with Crippen LogP contribution in [0.25, 0.3) is 11.0 Å². The van der Waals surface area contributed by atoms with E-state index in [1.54, 1.807) is 41.3 Å². The molecule has 2 saturated heterocycles. The lowest BCUT2D eigenvalue weighted by Gasteiger charge is -2.36. The van der Waals surface area contributed by atoms with Crippen LogP contribution < -0.4 is 15.5 Å². The van der Waals surface area contributed by atoms with Crippen LogP contribution in [0.1, 0.15) is 65.3 Å². The summed E-state index contributed by atoms with van der Waals surface area (Å²) in [6.07, 6.45) is 5.94. The van der Waals surface area contributed by atoms with Gasteiger partial charge >= 0.3 is 0 Å². The van der Waals surface area contributed by atoms with E-state index in [1.807, 2.05) is 29.2 Å². The normalized spacial score (nSPS) is 16.0. The van der Waals surface area contributed by atoms with E-state index in [9.17, 15) is 19.2 Å². The highest BCUT2D eigenvalue weighted by molar-refractivity contribution is 6.30. The third-order valence-electron chi connectivity index (χ3n) is 9.33. The molecule has 3 amide bonds. The largest absolute Gasteiger partial charge is 0.490 e. The Hall–Kier alpha value is -4.89. The molecule has 2 fully saturated rings. The number of fused-ring (bicyclic) bond motifs is 1. The van der Waals surface area contributed by atoms with E-state index in [1.165, 1.54) is 5.56 Å². The van der Waals surface area contributed by atoms with Gasteiger partial charge < -0.3 is 24.3 Å². The first-order chi connectivity index (χ1) is 23.8. The second-order valence-electron chi connectivity index (χ2n) is 12.7. The van der Waals surface area contributed by atoms with Gasteiger partial charge in [0.15, 0.2) is 11.2 Å². The number of likely N-dealkylation sites (tertiary alicyclic amines) is 2. The third kappa shape index (κ3) is 8.23. The van der Waals surface area contributed by atoms with Gasteiger partial charge in [0, 0.05) is 50.1 Å². The number of piperidine rings is 2. The maximum atomic E-state index is 14.1. The highest BCUT2D eigenvalue weighted by atomic mass is 35.5. The van der Waals surface area contributed by atoms with E-state index >= 15 is 0 Å². The third-order valence-corrected chi connectivity index (χ3v) is 9.58. The molecule has 0 spiro atoms. The first-order valence-corrected chi connectivity index (χ1v) is 17.2. The van der Waals surface area contributed by atoms with Crippen molar-refractivity contribution < 1.29 is 23.5 Å². The number of benzene rings is 3. The Bertz CT molecular complexity index is 1900. The molecule has 1 atom stereocenters. The number of rotatable bonds is 11. The van der Waals surface area contributed by atoms with Crippen LogP contribution in [0.15, 0.2) is 94.7 Å². The zero-order chi connectivity index (χ0) is 34.3. The lowest BCUT2D eigenvalue weighted by atomic mass is 9.86. The first-order valence-electron chi connectivity index (χ1n) is 16.8. The molecule has 1 N–H and O–H groups in total. The van der Waals surface area contributed by atoms with Gasteiger partial charge in [-0.25, -0.2) is 0 Å². The average Bonchev–Trinajstić information content (AvgIpc) is 3.12. The summed E-state index contributed by atoms with van der Waals surface area (Å²) in [4.78, 5) is 56.9. The summed E-state index contributed by atoms with van der Waals surface area (Å²) < 4.78 is 11.4. The van der Waals surface area contributed by atoms with Crippen LogP contribution >= 0.6 is 11.6 Å². The van der Waals surface area contributed by atoms with Gasteiger partial charge in [0.25, 0.3) is 5.91 Å². The van der Waals surface area contributed by atoms with Crippen LogP contribution in [-0.2, 0) is 22.6 Å². The molecular weight excluding hydrogens is 642 g/mol. The molecule has 9 nitrogen and oxygen atoms in total. The monoisotopic (exact) mass is 681 g/mol. The van der Waals surface area contributed by atoms with E-state index in [2.05, 4.69) is 24.0 Å². The fraction of sp³-hybridized carbons (Fsp3) is 0.333. The van der Waals surface area contributed by atoms with Crippen molar-refractivity contribution in [1.29, 1.82) is 0 Å². The van der Waals surface area contributed by atoms with Gasteiger partial charge in [-0.1, -0.05) is 60.7 Å². The van der Waals surface area contributed by atoms with E-state index in [4.69, 9.17) is 20.8 Å². The molecule has 3 heterocycles. The number of carbonyl (C=O) groups is 3. The maximum Gasteiger partial charge on any atom is 0.287 e. The fourth-order valence-corrected chi connectivity index (χ4v) is 6.85. The molecule has 0 unspecified atom stereocenters. The Morgan fingerprint density at radius 3 is 2.53 bits per heavy atom. The zero-order valence-corrected chi connectivity index (χ0v) is 28.1. The lowest BCUT2D eigenvalue weighted by molar-refractivity contribution is -0.135. The van der Waals surface area contributed by atoms with Gasteiger partial charge in [-0.15, -0.1) is 0 Å². The molecule has 1 aromatic heterocycles. The number of halogens is 1. The fourth-order valence-electron chi connectivity index (χ4n) is 6.72. The Morgan fingerprint density at radius 2 is 1.78 bits per heavy atom. The second-order valence-corrected chi connectivity index (χ2v) is 13.1. The molecule has 0 radical (unpaired) electrons. The number of carbonyl (C=O) groups excluding carboxylic acids is 3. The van der Waals surface area contributed by atoms with E-state index in [-0.39, 0.29) is 47.5 Å². The predicted molar refractivity (Wildman–Crippen MR) is 189 cm³/mol. The lowest BCUT2D eigenvalue weighted by Crippen LogP contribution is -2.51. The standard InChI is InChI=1S/C39H40ClN3O6/c1-2-21-48-30-14-15-35-32(23-30)34(44)24-36(49-35)38(46)41-33(22-26-10-12-29(40)13-11-26)39(47)42-19-16-27(17-20-42)31-8-4-3-7-28(31)25-43-18-6-5-9-37(43)45/h2-4,7-8,10-15,23-24,27,33H,1,5-6,9,16-22,25H2,(H,41,46)/t33-/m0/s1. The summed E-state index contributed by atoms with van der Waals surface area (Å²) in [7, 11) is 0. The smallest absolute Gasteiger partial charge is 0.287 e. The Labute approximate surface area is 290 Å². The van der Waals surface area contributed by atoms with Crippen LogP contribution in [-0.4, -0.2) is 59.8 Å². The van der Waals surface area contributed by atoms with Gasteiger partial charge in [0.2, 0.25) is 11.8 Å². The van der Waals surface area contributed by atoms with Gasteiger partial charge in [-0.05, 0) is 78.6 Å². The van der Waals surface area contributed by atoms with Crippen molar-refractivity contribution in [3.8, 4) is 5.75 Å². The Morgan fingerprint density at radius 1 is 1.00 bits per heavy atom. The average molecular weight is 682 g/mol. The summed E-state index contributed by atoms with van der Waals surface area (Å²) in [5.74, 6) is -0.112. The van der Waals surface area contributed by atoms with E-state index < -0.39 is 17.4 Å². The highest BCUT2D eigenvalue weighted by Gasteiger charge is 2.32. The van der Waals surface area contributed by atoms with Gasteiger partial charge in [-0.3, -0.25) is 19.2 Å². The van der Waals surface area contributed by atoms with Crippen molar-refractivity contribution in [1.82, 2.24) is 15.1 Å². The molecule has 4 aromatic rings. The molecule has 0 bridgehead atoms. The number of amides is 3. The summed E-state index contributed by atoms with van der Waals surface area (Å²) in [6.45, 7) is 6.35. The van der Waals surface area contributed by atoms with Crippen LogP contribution in [0.5, 0.6) is 5.75 Å². The summed E-state index contributed by atoms with van der Waals surface area (Å²) in [5.41, 5.74) is 3.04. The van der Waals surface area contributed by atoms with Crippen molar-refractivity contribution in [2.75, 3.05) is 26.2 Å². The molecular formula is C39H40ClN3O6. The van der Waals surface area contributed by atoms with Gasteiger partial charge in [-0.2, -0.15) is 0 Å². The molecule has 0 aliphatic carbocycles. The number of ether oxygens (including phenoxy) is 1. The molecule has 6 rings (SSSR count). The minimum Gasteiger partial charge on any atom is -0.490 e. The number of hydrogen-bond donors (Lipinski definition) is 1. The number of nitrogens with zero attached hydrogens (tertiary/aromatic N) is 2. The van der Waals surface area contributed by atoms with Crippen molar-refractivity contribution in [2.45, 2.75) is 57.0 Å². The summed E-state index contributed by atoms with van der Waals surface area (Å²) in [6, 6.07) is 20.5. The molecule has 3 aromatic carbocycles. The zero-order valence-electron chi connectivity index (χ0n) is 27.4. The molecule has 2 aliphatic rings. The minimum absolute atomic E-state index is 0.186. The highest BCUT2D eigenvalue weighted by Crippen LogP contribution is 2.32. The van der Waals surface area contributed by atoms with Crippen LogP contribution in [0, 0.1) is 0 Å². The Balaban J connectivity index is 1.17. The predicted octanol–water partition coefficient (Wildman–Crippen LogP) is 6.27. The van der Waals surface area contributed by atoms with Gasteiger partial charge in [0.05, 0.1) is 5.39 Å². The van der Waals surface area contributed by atoms with Crippen molar-refractivity contribution >= 4 is 40.3 Å². The first kappa shape index (κ1) is 34.0. The van der Waals surface area contributed by atoms with Crippen molar-refractivity contribution in [3.05, 3.63) is 123 Å². The minimum atomic E-state index is -0.904. The SMILES string of the molecule is C=CCOc1ccc2oc(C(=O)N[C@@H](Cc3ccc(Cl)cc3)C(=O)N3CCC(c4ccccc4CN4CCCCC4=O)CC3)cc(=O)c2c1. The molecule has 2 aliphatic heterocycles. The van der Waals surface area contributed by atoms with Crippen LogP contribution in [0.2, 0.25) is 5.02 Å². The quantitative estimate of drug-likeness (QED) is 0.187.